The highest BCUT2D eigenvalue weighted by molar-refractivity contribution is 5.82. The number of nitrogens with one attached hydrogen (secondary N) is 1. The highest BCUT2D eigenvalue weighted by Gasteiger charge is 2.21. The number of unbranched alkanes of at least 4 members (excludes halogenated alkanes) is 29. The Morgan fingerprint density at radius 2 is 0.787 bits per heavy atom. The summed E-state index contributed by atoms with van der Waals surface area (Å²) in [5, 5.41) is 32.9. The van der Waals surface area contributed by atoms with Gasteiger partial charge in [-0.2, -0.15) is 0 Å². The van der Waals surface area contributed by atoms with Crippen molar-refractivity contribution < 1.29 is 20.1 Å². The number of carbonyl (C=O) groups excluding carboxylic acids is 1. The molecule has 0 aromatic heterocycles. The maximum Gasteiger partial charge on any atom is 0.253 e. The molecule has 0 fully saturated rings. The van der Waals surface area contributed by atoms with Crippen LogP contribution in [0.3, 0.4) is 0 Å². The summed E-state index contributed by atoms with van der Waals surface area (Å²) in [6, 6.07) is -0.825. The molecule has 0 radical (unpaired) electrons. The van der Waals surface area contributed by atoms with Gasteiger partial charge in [-0.25, -0.2) is 0 Å². The molecule has 4 N–H and O–H groups in total. The first-order chi connectivity index (χ1) is 23.1. The van der Waals surface area contributed by atoms with Crippen molar-refractivity contribution in [3.63, 3.8) is 0 Å². The van der Waals surface area contributed by atoms with Crippen molar-refractivity contribution in [2.45, 2.75) is 231 Å². The summed E-state index contributed by atoms with van der Waals surface area (Å²) in [4.78, 5) is 12.4. The average Bonchev–Trinajstić information content (AvgIpc) is 3.07. The monoisotopic (exact) mass is 664 g/mol. The molecule has 0 aliphatic carbocycles. The Bertz CT molecular complexity index is 694. The van der Waals surface area contributed by atoms with E-state index in [1.165, 1.54) is 179 Å². The number of hydrogen-bond acceptors (Lipinski definition) is 4. The second-order valence-electron chi connectivity index (χ2n) is 14.2. The fourth-order valence-corrected chi connectivity index (χ4v) is 6.28. The van der Waals surface area contributed by atoms with Crippen LogP contribution in [0, 0.1) is 0 Å². The summed E-state index contributed by atoms with van der Waals surface area (Å²) in [6.07, 6.45) is 45.1. The fourth-order valence-electron chi connectivity index (χ4n) is 6.28. The lowest BCUT2D eigenvalue weighted by Crippen LogP contribution is -2.48. The minimum absolute atomic E-state index is 0.383. The summed E-state index contributed by atoms with van der Waals surface area (Å²) >= 11 is 0. The molecule has 278 valence electrons. The van der Waals surface area contributed by atoms with E-state index in [1.807, 2.05) is 12.2 Å². The predicted octanol–water partition coefficient (Wildman–Crippen LogP) is 11.4. The Labute approximate surface area is 292 Å². The molecule has 1 amide bonds. The molecular weight excluding hydrogens is 582 g/mol. The van der Waals surface area contributed by atoms with Gasteiger partial charge in [0.15, 0.2) is 6.10 Å². The Kier molecular flexibility index (Phi) is 36.7. The molecule has 47 heavy (non-hydrogen) atoms. The predicted molar refractivity (Wildman–Crippen MR) is 204 cm³/mol. The van der Waals surface area contributed by atoms with Crippen molar-refractivity contribution in [2.24, 2.45) is 0 Å². The molecule has 0 saturated carbocycles. The third-order valence-corrected chi connectivity index (χ3v) is 9.56. The van der Waals surface area contributed by atoms with Crippen molar-refractivity contribution in [1.82, 2.24) is 5.32 Å². The molecule has 0 heterocycles. The molecule has 0 aliphatic heterocycles. The average molecular weight is 664 g/mol. The van der Waals surface area contributed by atoms with Crippen LogP contribution in [0.4, 0.5) is 0 Å². The molecule has 0 spiro atoms. The lowest BCUT2D eigenvalue weighted by Gasteiger charge is -2.20. The van der Waals surface area contributed by atoms with Crippen molar-refractivity contribution in [2.75, 3.05) is 6.61 Å². The summed E-state index contributed by atoms with van der Waals surface area (Å²) in [5.41, 5.74) is 0. The molecule has 0 saturated heterocycles. The lowest BCUT2D eigenvalue weighted by atomic mass is 10.0. The standard InChI is InChI=1S/C42H81NO4/c1-3-5-7-9-11-13-15-17-19-21-23-25-27-29-31-33-35-37-41(46)42(47)43-39(38-44)40(45)36-34-32-30-28-26-24-22-20-18-16-14-12-10-8-6-4-2/h34-37,39-41,44-46H,3-33,38H2,1-2H3,(H,43,47)/t39-,40-,41-/m0/s1. The summed E-state index contributed by atoms with van der Waals surface area (Å²) in [7, 11) is 0. The molecule has 0 rings (SSSR count). The van der Waals surface area contributed by atoms with E-state index in [1.54, 1.807) is 6.08 Å². The maximum atomic E-state index is 12.4. The van der Waals surface area contributed by atoms with Crippen LogP contribution in [-0.2, 0) is 4.79 Å². The number of hydrogen-bond donors (Lipinski definition) is 4. The number of aliphatic hydroxyl groups is 3. The summed E-state index contributed by atoms with van der Waals surface area (Å²) < 4.78 is 0. The van der Waals surface area contributed by atoms with E-state index < -0.39 is 24.2 Å². The largest absolute Gasteiger partial charge is 0.394 e. The first-order valence-corrected chi connectivity index (χ1v) is 20.7. The van der Waals surface area contributed by atoms with Crippen LogP contribution in [0.15, 0.2) is 24.3 Å². The SMILES string of the molecule is CCCCCCCCCCCCCCCCC=C[C@H](O)[C@H](CO)NC(=O)[C@@H](O)C=CCCCCCCCCCCCCCCCCC. The third-order valence-electron chi connectivity index (χ3n) is 9.56. The fraction of sp³-hybridized carbons (Fsp3) is 0.881. The molecule has 0 unspecified atom stereocenters. The lowest BCUT2D eigenvalue weighted by molar-refractivity contribution is -0.128. The number of allylic oxidation sites excluding steroid dienone is 2. The van der Waals surface area contributed by atoms with Crippen LogP contribution < -0.4 is 5.32 Å². The van der Waals surface area contributed by atoms with E-state index in [9.17, 15) is 20.1 Å². The van der Waals surface area contributed by atoms with Gasteiger partial charge >= 0.3 is 0 Å². The summed E-state index contributed by atoms with van der Waals surface area (Å²) in [5.74, 6) is -0.587. The van der Waals surface area contributed by atoms with Gasteiger partial charge in [0, 0.05) is 0 Å². The number of amides is 1. The van der Waals surface area contributed by atoms with E-state index in [4.69, 9.17) is 0 Å². The van der Waals surface area contributed by atoms with E-state index in [0.29, 0.717) is 0 Å². The van der Waals surface area contributed by atoms with E-state index >= 15 is 0 Å². The first-order valence-electron chi connectivity index (χ1n) is 20.7. The van der Waals surface area contributed by atoms with Crippen molar-refractivity contribution in [3.05, 3.63) is 24.3 Å². The first kappa shape index (κ1) is 45.8. The Balaban J connectivity index is 3.74. The quantitative estimate of drug-likeness (QED) is 0.0393. The highest BCUT2D eigenvalue weighted by Crippen LogP contribution is 2.15. The Morgan fingerprint density at radius 1 is 0.489 bits per heavy atom. The van der Waals surface area contributed by atoms with Gasteiger partial charge in [0.2, 0.25) is 0 Å². The molecule has 5 nitrogen and oxygen atoms in total. The van der Waals surface area contributed by atoms with Crippen LogP contribution in [0.1, 0.15) is 213 Å². The Morgan fingerprint density at radius 3 is 1.11 bits per heavy atom. The third kappa shape index (κ3) is 33.1. The zero-order valence-corrected chi connectivity index (χ0v) is 31.4. The second-order valence-corrected chi connectivity index (χ2v) is 14.2. The van der Waals surface area contributed by atoms with Crippen molar-refractivity contribution >= 4 is 5.91 Å². The molecule has 0 bridgehead atoms. The maximum absolute atomic E-state index is 12.4. The van der Waals surface area contributed by atoms with Gasteiger partial charge in [-0.3, -0.25) is 4.79 Å². The molecule has 5 heteroatoms. The van der Waals surface area contributed by atoms with Gasteiger partial charge < -0.3 is 20.6 Å². The van der Waals surface area contributed by atoms with Crippen LogP contribution in [-0.4, -0.2) is 46.1 Å². The normalized spacial score (nSPS) is 13.9. The smallest absolute Gasteiger partial charge is 0.253 e. The van der Waals surface area contributed by atoms with E-state index in [-0.39, 0.29) is 6.61 Å². The van der Waals surface area contributed by atoms with Crippen molar-refractivity contribution in [1.29, 1.82) is 0 Å². The zero-order valence-electron chi connectivity index (χ0n) is 31.4. The van der Waals surface area contributed by atoms with Crippen LogP contribution >= 0.6 is 0 Å². The number of carbonyl (C=O) groups is 1. The molecular formula is C42H81NO4. The highest BCUT2D eigenvalue weighted by atomic mass is 16.3. The van der Waals surface area contributed by atoms with Crippen LogP contribution in [0.5, 0.6) is 0 Å². The van der Waals surface area contributed by atoms with Crippen molar-refractivity contribution in [3.8, 4) is 0 Å². The number of rotatable bonds is 37. The van der Waals surface area contributed by atoms with Gasteiger partial charge in [-0.15, -0.1) is 0 Å². The van der Waals surface area contributed by atoms with Gasteiger partial charge in [0.05, 0.1) is 18.8 Å². The van der Waals surface area contributed by atoms with Gasteiger partial charge in [0.1, 0.15) is 0 Å². The minimum Gasteiger partial charge on any atom is -0.394 e. The molecule has 3 atom stereocenters. The second kappa shape index (κ2) is 37.6. The number of aliphatic hydroxyl groups excluding tert-OH is 3. The van der Waals surface area contributed by atoms with Gasteiger partial charge in [-0.05, 0) is 25.7 Å². The van der Waals surface area contributed by atoms with Crippen LogP contribution in [0.25, 0.3) is 0 Å². The molecule has 0 aromatic rings. The van der Waals surface area contributed by atoms with Gasteiger partial charge in [-0.1, -0.05) is 212 Å². The molecule has 0 aliphatic rings. The molecule has 0 aromatic carbocycles. The Hall–Kier alpha value is -1.17. The van der Waals surface area contributed by atoms with Gasteiger partial charge in [0.25, 0.3) is 5.91 Å². The minimum atomic E-state index is -1.27. The zero-order chi connectivity index (χ0) is 34.5. The topological polar surface area (TPSA) is 89.8 Å². The summed E-state index contributed by atoms with van der Waals surface area (Å²) in [6.45, 7) is 4.16. The van der Waals surface area contributed by atoms with E-state index in [2.05, 4.69) is 19.2 Å². The van der Waals surface area contributed by atoms with E-state index in [0.717, 1.165) is 25.7 Å². The van der Waals surface area contributed by atoms with Crippen LogP contribution in [0.2, 0.25) is 0 Å².